The molecule has 1 saturated heterocycles. The van der Waals surface area contributed by atoms with Gasteiger partial charge in [0.15, 0.2) is 9.84 Å². The van der Waals surface area contributed by atoms with Crippen LogP contribution in [0.1, 0.15) is 12.6 Å². The van der Waals surface area contributed by atoms with E-state index in [0.29, 0.717) is 58.2 Å². The maximum Gasteiger partial charge on any atom is 0.246 e. The fourth-order valence-electron chi connectivity index (χ4n) is 2.79. The smallest absolute Gasteiger partial charge is 0.246 e. The molecule has 1 aliphatic rings. The minimum absolute atomic E-state index is 0.192. The number of nitrogens with zero attached hydrogens (tertiary/aromatic N) is 4. The first-order chi connectivity index (χ1) is 15.2. The van der Waals surface area contributed by atoms with Crippen LogP contribution >= 0.6 is 0 Å². The quantitative estimate of drug-likeness (QED) is 0.245. The van der Waals surface area contributed by atoms with Gasteiger partial charge >= 0.3 is 0 Å². The van der Waals surface area contributed by atoms with Crippen molar-refractivity contribution in [2.24, 2.45) is 0 Å². The highest BCUT2D eigenvalue weighted by Gasteiger charge is 2.35. The molecule has 0 bridgehead atoms. The number of hydrogen-bond acceptors (Lipinski definition) is 9. The SMILES string of the molecule is C=C(C)C(=O)NCCOCCOCCOCCn1nnc(CN2CC(S(C)(=O)=O)C2)c1F. The number of ether oxygens (including phenoxy) is 3. The summed E-state index contributed by atoms with van der Waals surface area (Å²) < 4.78 is 54.4. The van der Waals surface area contributed by atoms with Gasteiger partial charge in [-0.3, -0.25) is 9.69 Å². The molecule has 1 amide bonds. The molecular formula is C19H32FN5O6S. The molecule has 0 saturated carbocycles. The van der Waals surface area contributed by atoms with Crippen molar-refractivity contribution in [1.82, 2.24) is 25.2 Å². The van der Waals surface area contributed by atoms with Crippen LogP contribution in [-0.4, -0.2) is 105 Å². The molecule has 1 N–H and O–H groups in total. The average Bonchev–Trinajstić information content (AvgIpc) is 3.03. The summed E-state index contributed by atoms with van der Waals surface area (Å²) in [5.41, 5.74) is 0.649. The van der Waals surface area contributed by atoms with Gasteiger partial charge in [-0.15, -0.1) is 5.10 Å². The van der Waals surface area contributed by atoms with Crippen LogP contribution in [0.15, 0.2) is 12.2 Å². The van der Waals surface area contributed by atoms with Crippen molar-refractivity contribution in [3.05, 3.63) is 23.8 Å². The van der Waals surface area contributed by atoms with Gasteiger partial charge in [-0.05, 0) is 6.92 Å². The van der Waals surface area contributed by atoms with Crippen LogP contribution < -0.4 is 5.32 Å². The minimum Gasteiger partial charge on any atom is -0.377 e. The molecule has 13 heteroatoms. The number of carbonyl (C=O) groups excluding carboxylic acids is 1. The Morgan fingerprint density at radius 3 is 2.34 bits per heavy atom. The number of hydrogen-bond donors (Lipinski definition) is 1. The zero-order chi connectivity index (χ0) is 23.6. The Morgan fingerprint density at radius 2 is 1.75 bits per heavy atom. The Hall–Kier alpha value is -1.93. The van der Waals surface area contributed by atoms with Crippen molar-refractivity contribution in [1.29, 1.82) is 0 Å². The lowest BCUT2D eigenvalue weighted by Gasteiger charge is -2.37. The Balaban J connectivity index is 1.46. The molecule has 2 rings (SSSR count). The van der Waals surface area contributed by atoms with E-state index in [-0.39, 0.29) is 31.3 Å². The van der Waals surface area contributed by atoms with Crippen LogP contribution in [-0.2, 0) is 41.9 Å². The van der Waals surface area contributed by atoms with Gasteiger partial charge < -0.3 is 19.5 Å². The van der Waals surface area contributed by atoms with Crippen molar-refractivity contribution in [3.8, 4) is 0 Å². The van der Waals surface area contributed by atoms with Crippen molar-refractivity contribution in [2.45, 2.75) is 25.3 Å². The molecule has 0 radical (unpaired) electrons. The van der Waals surface area contributed by atoms with Gasteiger partial charge in [0.25, 0.3) is 0 Å². The maximum absolute atomic E-state index is 14.3. The summed E-state index contributed by atoms with van der Waals surface area (Å²) in [7, 11) is -3.06. The zero-order valence-electron chi connectivity index (χ0n) is 18.6. The molecule has 0 unspecified atom stereocenters. The summed E-state index contributed by atoms with van der Waals surface area (Å²) in [5, 5.41) is 9.89. The summed E-state index contributed by atoms with van der Waals surface area (Å²) in [6.07, 6.45) is 1.21. The standard InChI is InChI=1S/C19H32FN5O6S/c1-15(2)19(26)21-4-6-29-8-10-31-11-9-30-7-5-25-18(20)17(22-23-25)14-24-12-16(13-24)32(3,27)28/h16H,1,4-14H2,2-3H3,(H,21,26). The monoisotopic (exact) mass is 477 g/mol. The highest BCUT2D eigenvalue weighted by molar-refractivity contribution is 7.91. The van der Waals surface area contributed by atoms with Gasteiger partial charge in [0, 0.05) is 38.0 Å². The van der Waals surface area contributed by atoms with E-state index >= 15 is 0 Å². The average molecular weight is 478 g/mol. The van der Waals surface area contributed by atoms with Crippen LogP contribution in [0.5, 0.6) is 0 Å². The molecule has 1 aromatic heterocycles. The predicted molar refractivity (Wildman–Crippen MR) is 114 cm³/mol. The van der Waals surface area contributed by atoms with Gasteiger partial charge in [-0.1, -0.05) is 11.8 Å². The number of sulfone groups is 1. The molecule has 0 atom stereocenters. The molecule has 11 nitrogen and oxygen atoms in total. The second kappa shape index (κ2) is 12.9. The lowest BCUT2D eigenvalue weighted by atomic mass is 10.2. The Bertz CT molecular complexity index is 856. The highest BCUT2D eigenvalue weighted by Crippen LogP contribution is 2.18. The minimum atomic E-state index is -3.06. The number of likely N-dealkylation sites (tertiary alicyclic amines) is 1. The summed E-state index contributed by atoms with van der Waals surface area (Å²) >= 11 is 0. The first kappa shape index (κ1) is 26.3. The van der Waals surface area contributed by atoms with Crippen LogP contribution in [0.3, 0.4) is 0 Å². The van der Waals surface area contributed by atoms with E-state index in [2.05, 4.69) is 22.2 Å². The molecule has 1 aromatic rings. The number of carbonyl (C=O) groups is 1. The van der Waals surface area contributed by atoms with Crippen molar-refractivity contribution in [3.63, 3.8) is 0 Å². The number of amides is 1. The summed E-state index contributed by atoms with van der Waals surface area (Å²) in [4.78, 5) is 13.1. The predicted octanol–water partition coefficient (Wildman–Crippen LogP) is -0.612. The molecule has 0 spiro atoms. The Kier molecular flexibility index (Phi) is 10.6. The Labute approximate surface area is 187 Å². The van der Waals surface area contributed by atoms with Crippen LogP contribution in [0.4, 0.5) is 4.39 Å². The van der Waals surface area contributed by atoms with Crippen molar-refractivity contribution in [2.75, 3.05) is 65.5 Å². The van der Waals surface area contributed by atoms with Gasteiger partial charge in [0.05, 0.1) is 51.4 Å². The second-order valence-corrected chi connectivity index (χ2v) is 9.89. The number of rotatable bonds is 16. The topological polar surface area (TPSA) is 125 Å². The largest absolute Gasteiger partial charge is 0.377 e. The number of nitrogens with one attached hydrogen (secondary N) is 1. The lowest BCUT2D eigenvalue weighted by Crippen LogP contribution is -2.53. The van der Waals surface area contributed by atoms with Crippen LogP contribution in [0.2, 0.25) is 0 Å². The third-order valence-electron chi connectivity index (χ3n) is 4.75. The van der Waals surface area contributed by atoms with Crippen molar-refractivity contribution >= 4 is 15.7 Å². The van der Waals surface area contributed by atoms with Gasteiger partial charge in [-0.2, -0.15) is 4.39 Å². The molecule has 32 heavy (non-hydrogen) atoms. The van der Waals surface area contributed by atoms with E-state index in [1.807, 2.05) is 4.90 Å². The third-order valence-corrected chi connectivity index (χ3v) is 6.26. The zero-order valence-corrected chi connectivity index (χ0v) is 19.4. The van der Waals surface area contributed by atoms with Gasteiger partial charge in [0.1, 0.15) is 5.69 Å². The molecular weight excluding hydrogens is 445 g/mol. The number of halogens is 1. The molecule has 2 heterocycles. The number of aromatic nitrogens is 3. The molecule has 0 aromatic carbocycles. The third kappa shape index (κ3) is 8.90. The normalized spacial score (nSPS) is 15.0. The Morgan fingerprint density at radius 1 is 1.16 bits per heavy atom. The van der Waals surface area contributed by atoms with E-state index in [1.165, 1.54) is 6.26 Å². The van der Waals surface area contributed by atoms with Crippen LogP contribution in [0, 0.1) is 5.95 Å². The van der Waals surface area contributed by atoms with Crippen molar-refractivity contribution < 1.29 is 31.8 Å². The fraction of sp³-hybridized carbons (Fsp3) is 0.737. The summed E-state index contributed by atoms with van der Waals surface area (Å²) in [6, 6.07) is 0. The molecule has 1 aliphatic heterocycles. The molecule has 0 aliphatic carbocycles. The molecule has 182 valence electrons. The summed E-state index contributed by atoms with van der Waals surface area (Å²) in [5.74, 6) is -0.730. The fourth-order valence-corrected chi connectivity index (χ4v) is 3.76. The lowest BCUT2D eigenvalue weighted by molar-refractivity contribution is -0.117. The highest BCUT2D eigenvalue weighted by atomic mass is 32.2. The first-order valence-corrected chi connectivity index (χ1v) is 12.3. The van der Waals surface area contributed by atoms with Gasteiger partial charge in [-0.25, -0.2) is 13.1 Å². The van der Waals surface area contributed by atoms with E-state index in [9.17, 15) is 17.6 Å². The molecule has 1 fully saturated rings. The van der Waals surface area contributed by atoms with Gasteiger partial charge in [0.2, 0.25) is 11.9 Å². The van der Waals surface area contributed by atoms with E-state index < -0.39 is 21.0 Å². The van der Waals surface area contributed by atoms with E-state index in [1.54, 1.807) is 6.92 Å². The second-order valence-electron chi connectivity index (χ2n) is 7.57. The van der Waals surface area contributed by atoms with E-state index in [4.69, 9.17) is 14.2 Å². The maximum atomic E-state index is 14.3. The van der Waals surface area contributed by atoms with Crippen LogP contribution in [0.25, 0.3) is 0 Å². The van der Waals surface area contributed by atoms with E-state index in [0.717, 1.165) is 4.68 Å². The first-order valence-electron chi connectivity index (χ1n) is 10.3. The summed E-state index contributed by atoms with van der Waals surface area (Å²) in [6.45, 7) is 8.95.